The van der Waals surface area contributed by atoms with Crippen LogP contribution in [0.25, 0.3) is 10.1 Å². The number of nitrogens with one attached hydrogen (secondary N) is 1. The molecule has 2 aromatic carbocycles. The molecule has 0 bridgehead atoms. The third-order valence-electron chi connectivity index (χ3n) is 5.08. The number of benzene rings is 2. The van der Waals surface area contributed by atoms with E-state index in [4.69, 9.17) is 9.47 Å². The highest BCUT2D eigenvalue weighted by molar-refractivity contribution is 7.13. The van der Waals surface area contributed by atoms with E-state index in [0.717, 1.165) is 10.1 Å². The summed E-state index contributed by atoms with van der Waals surface area (Å²) in [4.78, 5) is 29.0. The Bertz CT molecular complexity index is 1080. The molecule has 9 heteroatoms. The van der Waals surface area contributed by atoms with Crippen LogP contribution in [-0.2, 0) is 0 Å². The molecule has 0 saturated carbocycles. The molecular weight excluding hydrogens is 404 g/mol. The van der Waals surface area contributed by atoms with Crippen LogP contribution in [0.5, 0.6) is 11.5 Å². The number of ether oxygens (including phenoxy) is 2. The summed E-state index contributed by atoms with van der Waals surface area (Å²) in [6.07, 6.45) is 0. The first kappa shape index (κ1) is 20.0. The molecule has 0 radical (unpaired) electrons. The summed E-state index contributed by atoms with van der Waals surface area (Å²) in [5.74, 6) is 1.07. The number of urea groups is 1. The Morgan fingerprint density at radius 1 is 1.00 bits per heavy atom. The molecule has 30 heavy (non-hydrogen) atoms. The van der Waals surface area contributed by atoms with Gasteiger partial charge in [0.1, 0.15) is 17.2 Å². The van der Waals surface area contributed by atoms with Gasteiger partial charge in [-0.2, -0.15) is 4.37 Å². The third kappa shape index (κ3) is 3.88. The van der Waals surface area contributed by atoms with Gasteiger partial charge >= 0.3 is 6.03 Å². The molecular formula is C21H22N4O4S. The topological polar surface area (TPSA) is 84.0 Å². The first-order valence-electron chi connectivity index (χ1n) is 9.52. The van der Waals surface area contributed by atoms with Gasteiger partial charge in [-0.3, -0.25) is 4.79 Å². The monoisotopic (exact) mass is 426 g/mol. The molecule has 1 N–H and O–H groups in total. The Hall–Kier alpha value is -3.33. The Balaban J connectivity index is 1.38. The number of hydrogen-bond donors (Lipinski definition) is 1. The average Bonchev–Trinajstić information content (AvgIpc) is 3.23. The highest BCUT2D eigenvalue weighted by Gasteiger charge is 2.27. The fraction of sp³-hybridized carbons (Fsp3) is 0.286. The van der Waals surface area contributed by atoms with E-state index in [2.05, 4.69) is 9.69 Å². The maximum absolute atomic E-state index is 12.9. The Morgan fingerprint density at radius 3 is 2.47 bits per heavy atom. The van der Waals surface area contributed by atoms with Crippen molar-refractivity contribution in [3.8, 4) is 11.5 Å². The van der Waals surface area contributed by atoms with E-state index in [1.807, 2.05) is 24.3 Å². The maximum atomic E-state index is 12.9. The van der Waals surface area contributed by atoms with E-state index in [9.17, 15) is 9.59 Å². The van der Waals surface area contributed by atoms with Gasteiger partial charge in [-0.1, -0.05) is 18.2 Å². The second-order valence-electron chi connectivity index (χ2n) is 6.80. The maximum Gasteiger partial charge on any atom is 0.322 e. The van der Waals surface area contributed by atoms with Crippen molar-refractivity contribution in [3.63, 3.8) is 0 Å². The van der Waals surface area contributed by atoms with Gasteiger partial charge in [0.15, 0.2) is 0 Å². The van der Waals surface area contributed by atoms with Crippen LogP contribution in [0.4, 0.5) is 10.5 Å². The summed E-state index contributed by atoms with van der Waals surface area (Å²) in [7, 11) is 3.11. The van der Waals surface area contributed by atoms with Crippen LogP contribution in [0, 0.1) is 0 Å². The highest BCUT2D eigenvalue weighted by atomic mass is 32.1. The molecule has 1 fully saturated rings. The lowest BCUT2D eigenvalue weighted by atomic mass is 10.2. The number of rotatable bonds is 4. The quantitative estimate of drug-likeness (QED) is 0.692. The van der Waals surface area contributed by atoms with Gasteiger partial charge in [0.05, 0.1) is 24.6 Å². The number of piperazine rings is 1. The summed E-state index contributed by atoms with van der Waals surface area (Å²) in [5.41, 5.74) is 1.05. The zero-order valence-electron chi connectivity index (χ0n) is 16.8. The minimum Gasteiger partial charge on any atom is -0.497 e. The third-order valence-corrected chi connectivity index (χ3v) is 5.91. The van der Waals surface area contributed by atoms with Crippen LogP contribution in [0.3, 0.4) is 0 Å². The van der Waals surface area contributed by atoms with Crippen molar-refractivity contribution in [1.82, 2.24) is 14.2 Å². The summed E-state index contributed by atoms with van der Waals surface area (Å²) in [6.45, 7) is 1.80. The van der Waals surface area contributed by atoms with Gasteiger partial charge in [-0.25, -0.2) is 4.79 Å². The Labute approximate surface area is 178 Å². The number of nitrogens with zero attached hydrogens (tertiary/aromatic N) is 3. The van der Waals surface area contributed by atoms with E-state index in [1.54, 1.807) is 35.1 Å². The Kier molecular flexibility index (Phi) is 5.71. The number of anilines is 1. The van der Waals surface area contributed by atoms with Gasteiger partial charge < -0.3 is 24.6 Å². The van der Waals surface area contributed by atoms with Gasteiger partial charge in [0.2, 0.25) is 0 Å². The number of methoxy groups -OCH3 is 2. The lowest BCUT2D eigenvalue weighted by molar-refractivity contribution is 0.0669. The van der Waals surface area contributed by atoms with Crippen LogP contribution in [0.15, 0.2) is 42.5 Å². The summed E-state index contributed by atoms with van der Waals surface area (Å²) in [6, 6.07) is 12.7. The van der Waals surface area contributed by atoms with Crippen molar-refractivity contribution in [2.75, 3.05) is 45.7 Å². The molecule has 156 valence electrons. The number of fused-ring (bicyclic) bond motifs is 1. The zero-order chi connectivity index (χ0) is 21.1. The van der Waals surface area contributed by atoms with Crippen LogP contribution in [0.1, 0.15) is 10.5 Å². The van der Waals surface area contributed by atoms with Crippen molar-refractivity contribution in [3.05, 3.63) is 48.2 Å². The van der Waals surface area contributed by atoms with E-state index in [-0.39, 0.29) is 11.9 Å². The van der Waals surface area contributed by atoms with Crippen molar-refractivity contribution in [1.29, 1.82) is 0 Å². The van der Waals surface area contributed by atoms with Crippen LogP contribution < -0.4 is 14.8 Å². The molecule has 1 aliphatic rings. The normalized spacial score (nSPS) is 13.9. The van der Waals surface area contributed by atoms with E-state index in [1.165, 1.54) is 18.6 Å². The summed E-state index contributed by atoms with van der Waals surface area (Å²) in [5, 5.41) is 3.74. The van der Waals surface area contributed by atoms with Crippen molar-refractivity contribution in [2.24, 2.45) is 0 Å². The van der Waals surface area contributed by atoms with Crippen molar-refractivity contribution < 1.29 is 19.1 Å². The number of aromatic nitrogens is 1. The molecule has 1 saturated heterocycles. The number of carbonyl (C=O) groups excluding carboxylic acids is 2. The van der Waals surface area contributed by atoms with E-state index >= 15 is 0 Å². The van der Waals surface area contributed by atoms with Gasteiger partial charge in [-0.15, -0.1) is 0 Å². The van der Waals surface area contributed by atoms with Gasteiger partial charge in [-0.05, 0) is 29.7 Å². The minimum atomic E-state index is -0.232. The molecule has 1 aromatic heterocycles. The molecule has 0 atom stereocenters. The zero-order valence-corrected chi connectivity index (χ0v) is 17.6. The van der Waals surface area contributed by atoms with Crippen molar-refractivity contribution in [2.45, 2.75) is 0 Å². The lowest BCUT2D eigenvalue weighted by Crippen LogP contribution is -2.51. The number of amides is 3. The molecule has 1 aliphatic heterocycles. The van der Waals surface area contributed by atoms with Crippen LogP contribution in [0.2, 0.25) is 0 Å². The van der Waals surface area contributed by atoms with Crippen LogP contribution >= 0.6 is 11.5 Å². The molecule has 4 rings (SSSR count). The van der Waals surface area contributed by atoms with Crippen molar-refractivity contribution >= 4 is 39.2 Å². The van der Waals surface area contributed by atoms with Crippen LogP contribution in [-0.4, -0.2) is 66.5 Å². The smallest absolute Gasteiger partial charge is 0.322 e. The predicted octanol–water partition coefficient (Wildman–Crippen LogP) is 3.30. The predicted molar refractivity (Wildman–Crippen MR) is 116 cm³/mol. The second-order valence-corrected chi connectivity index (χ2v) is 7.61. The first-order valence-corrected chi connectivity index (χ1v) is 10.3. The van der Waals surface area contributed by atoms with E-state index in [0.29, 0.717) is 49.1 Å². The molecule has 0 spiro atoms. The molecule has 8 nitrogen and oxygen atoms in total. The van der Waals surface area contributed by atoms with Gasteiger partial charge in [0.25, 0.3) is 5.91 Å². The molecule has 3 amide bonds. The first-order chi connectivity index (χ1) is 14.6. The highest BCUT2D eigenvalue weighted by Crippen LogP contribution is 2.29. The molecule has 0 unspecified atom stereocenters. The van der Waals surface area contributed by atoms with Gasteiger partial charge in [0, 0.05) is 37.6 Å². The fourth-order valence-corrected chi connectivity index (χ4v) is 4.17. The number of carbonyl (C=O) groups is 2. The lowest BCUT2D eigenvalue weighted by Gasteiger charge is -2.34. The SMILES string of the molecule is COc1ccc(NC(=O)N2CCN(C(=O)c3nsc4ccccc34)CC2)c(OC)c1. The molecule has 3 aromatic rings. The summed E-state index contributed by atoms with van der Waals surface area (Å²) >= 11 is 1.33. The minimum absolute atomic E-state index is 0.0932. The molecule has 0 aliphatic carbocycles. The largest absolute Gasteiger partial charge is 0.497 e. The average molecular weight is 426 g/mol. The fourth-order valence-electron chi connectivity index (χ4n) is 3.40. The second kappa shape index (κ2) is 8.58. The summed E-state index contributed by atoms with van der Waals surface area (Å²) < 4.78 is 15.8. The molecule has 2 heterocycles. The number of hydrogen-bond acceptors (Lipinski definition) is 6. The Morgan fingerprint density at radius 2 is 1.73 bits per heavy atom. The van der Waals surface area contributed by atoms with E-state index < -0.39 is 0 Å². The standard InChI is InChI=1S/C21H22N4O4S/c1-28-14-7-8-16(17(13-14)29-2)22-21(27)25-11-9-24(10-12-25)20(26)19-15-5-3-4-6-18(15)30-23-19/h3-8,13H,9-12H2,1-2H3,(H,22,27).